The molecule has 1 unspecified atom stereocenters. The number of aliphatic hydroxyl groups excluding tert-OH is 1. The quantitative estimate of drug-likeness (QED) is 0.521. The molecule has 3 rings (SSSR count). The van der Waals surface area contributed by atoms with Crippen LogP contribution in [-0.2, 0) is 0 Å². The average Bonchev–Trinajstić information content (AvgIpc) is 2.58. The number of unbranched alkanes of at least 4 members (excludes halogenated alkanes) is 1. The van der Waals surface area contributed by atoms with Crippen molar-refractivity contribution in [3.8, 4) is 0 Å². The van der Waals surface area contributed by atoms with Gasteiger partial charge >= 0.3 is 0 Å². The molecule has 2 nitrogen and oxygen atoms in total. The summed E-state index contributed by atoms with van der Waals surface area (Å²) in [5, 5.41) is 18.7. The van der Waals surface area contributed by atoms with E-state index < -0.39 is 6.10 Å². The van der Waals surface area contributed by atoms with Gasteiger partial charge in [0, 0.05) is 6.54 Å². The Morgan fingerprint density at radius 2 is 1.64 bits per heavy atom. The van der Waals surface area contributed by atoms with Crippen LogP contribution < -0.4 is 5.32 Å². The fraction of sp³-hybridized carbons (Fsp3) is 0.300. The summed E-state index contributed by atoms with van der Waals surface area (Å²) in [5.41, 5.74) is 1.01. The molecule has 0 aliphatic carbocycles. The second-order valence-electron chi connectivity index (χ2n) is 5.81. The summed E-state index contributed by atoms with van der Waals surface area (Å²) in [6, 6.07) is 18.8. The lowest BCUT2D eigenvalue weighted by Gasteiger charge is -2.16. The highest BCUT2D eigenvalue weighted by Crippen LogP contribution is 2.31. The van der Waals surface area contributed by atoms with Gasteiger partial charge in [-0.3, -0.25) is 0 Å². The molecule has 0 radical (unpaired) electrons. The van der Waals surface area contributed by atoms with Crippen LogP contribution in [0.3, 0.4) is 0 Å². The van der Waals surface area contributed by atoms with Gasteiger partial charge in [0.1, 0.15) is 0 Å². The van der Waals surface area contributed by atoms with Gasteiger partial charge in [-0.25, -0.2) is 0 Å². The molecule has 3 aromatic rings. The maximum Gasteiger partial charge on any atom is 0.0920 e. The monoisotopic (exact) mass is 293 g/mol. The molecule has 0 spiro atoms. The number of fused-ring (bicyclic) bond motifs is 3. The van der Waals surface area contributed by atoms with Gasteiger partial charge in [-0.1, -0.05) is 61.9 Å². The topological polar surface area (TPSA) is 32.3 Å². The third kappa shape index (κ3) is 2.99. The van der Waals surface area contributed by atoms with Crippen molar-refractivity contribution in [2.45, 2.75) is 25.9 Å². The lowest BCUT2D eigenvalue weighted by molar-refractivity contribution is 0.176. The van der Waals surface area contributed by atoms with E-state index in [1.807, 2.05) is 12.1 Å². The van der Waals surface area contributed by atoms with Crippen molar-refractivity contribution in [3.63, 3.8) is 0 Å². The van der Waals surface area contributed by atoms with Gasteiger partial charge in [0.2, 0.25) is 0 Å². The zero-order chi connectivity index (χ0) is 15.4. The van der Waals surface area contributed by atoms with Gasteiger partial charge in [-0.2, -0.15) is 0 Å². The molecule has 0 saturated heterocycles. The van der Waals surface area contributed by atoms with Crippen LogP contribution in [0.5, 0.6) is 0 Å². The molecule has 2 heteroatoms. The van der Waals surface area contributed by atoms with Crippen molar-refractivity contribution in [2.75, 3.05) is 13.1 Å². The summed E-state index contributed by atoms with van der Waals surface area (Å²) in [6.45, 7) is 3.73. The minimum absolute atomic E-state index is 0.480. The van der Waals surface area contributed by atoms with Gasteiger partial charge in [-0.05, 0) is 46.1 Å². The molecule has 0 bridgehead atoms. The van der Waals surface area contributed by atoms with E-state index in [2.05, 4.69) is 54.7 Å². The minimum atomic E-state index is -0.480. The van der Waals surface area contributed by atoms with E-state index in [-0.39, 0.29) is 0 Å². The van der Waals surface area contributed by atoms with Gasteiger partial charge in [-0.15, -0.1) is 0 Å². The van der Waals surface area contributed by atoms with Crippen molar-refractivity contribution < 1.29 is 5.11 Å². The van der Waals surface area contributed by atoms with E-state index in [0.29, 0.717) is 6.54 Å². The second-order valence-corrected chi connectivity index (χ2v) is 5.81. The number of aliphatic hydroxyl groups is 1. The van der Waals surface area contributed by atoms with E-state index in [1.165, 1.54) is 22.6 Å². The Labute approximate surface area is 131 Å². The summed E-state index contributed by atoms with van der Waals surface area (Å²) in [4.78, 5) is 0. The highest BCUT2D eigenvalue weighted by Gasteiger charge is 2.13. The summed E-state index contributed by atoms with van der Waals surface area (Å²) in [7, 11) is 0. The van der Waals surface area contributed by atoms with Crippen LogP contribution in [0.15, 0.2) is 54.6 Å². The number of hydrogen-bond donors (Lipinski definition) is 2. The first-order valence-corrected chi connectivity index (χ1v) is 8.10. The molecule has 114 valence electrons. The Morgan fingerprint density at radius 3 is 2.41 bits per heavy atom. The van der Waals surface area contributed by atoms with E-state index in [1.54, 1.807) is 0 Å². The van der Waals surface area contributed by atoms with Crippen molar-refractivity contribution in [1.29, 1.82) is 0 Å². The largest absolute Gasteiger partial charge is 0.387 e. The standard InChI is InChI=1S/C20H23NO/c1-2-3-12-21-14-20(22)19-13-15-8-4-5-9-16(15)17-10-6-7-11-18(17)19/h4-11,13,20-22H,2-3,12,14H2,1H3. The molecular weight excluding hydrogens is 270 g/mol. The summed E-state index contributed by atoms with van der Waals surface area (Å²) < 4.78 is 0. The maximum atomic E-state index is 10.6. The average molecular weight is 293 g/mol. The molecule has 0 saturated carbocycles. The van der Waals surface area contributed by atoms with Crippen LogP contribution in [0.25, 0.3) is 21.5 Å². The van der Waals surface area contributed by atoms with Gasteiger partial charge in [0.25, 0.3) is 0 Å². The molecule has 0 aromatic heterocycles. The molecule has 0 heterocycles. The van der Waals surface area contributed by atoms with Crippen LogP contribution in [-0.4, -0.2) is 18.2 Å². The Balaban J connectivity index is 2.00. The van der Waals surface area contributed by atoms with Crippen LogP contribution in [0.1, 0.15) is 31.4 Å². The molecule has 3 aromatic carbocycles. The van der Waals surface area contributed by atoms with E-state index >= 15 is 0 Å². The molecule has 1 atom stereocenters. The zero-order valence-electron chi connectivity index (χ0n) is 13.0. The first-order valence-electron chi connectivity index (χ1n) is 8.10. The first-order chi connectivity index (χ1) is 10.8. The van der Waals surface area contributed by atoms with Crippen molar-refractivity contribution >= 4 is 21.5 Å². The van der Waals surface area contributed by atoms with Gasteiger partial charge in [0.15, 0.2) is 0 Å². The fourth-order valence-electron chi connectivity index (χ4n) is 3.01. The highest BCUT2D eigenvalue weighted by molar-refractivity contribution is 6.09. The SMILES string of the molecule is CCCCNCC(O)c1cc2ccccc2c2ccccc12. The Morgan fingerprint density at radius 1 is 0.955 bits per heavy atom. The Bertz CT molecular complexity index is 766. The van der Waals surface area contributed by atoms with Crippen molar-refractivity contribution in [1.82, 2.24) is 5.32 Å². The van der Waals surface area contributed by atoms with E-state index in [9.17, 15) is 5.11 Å². The Kier molecular flexibility index (Phi) is 4.71. The molecular formula is C20H23NO. The van der Waals surface area contributed by atoms with Crippen LogP contribution in [0, 0.1) is 0 Å². The van der Waals surface area contributed by atoms with Crippen LogP contribution in [0.2, 0.25) is 0 Å². The Hall–Kier alpha value is -1.90. The van der Waals surface area contributed by atoms with E-state index in [4.69, 9.17) is 0 Å². The zero-order valence-corrected chi connectivity index (χ0v) is 13.0. The lowest BCUT2D eigenvalue weighted by Crippen LogP contribution is -2.22. The van der Waals surface area contributed by atoms with Crippen molar-refractivity contribution in [2.24, 2.45) is 0 Å². The normalized spacial score (nSPS) is 12.8. The number of hydrogen-bond acceptors (Lipinski definition) is 2. The highest BCUT2D eigenvalue weighted by atomic mass is 16.3. The van der Waals surface area contributed by atoms with Gasteiger partial charge < -0.3 is 10.4 Å². The van der Waals surface area contributed by atoms with E-state index in [0.717, 1.165) is 23.9 Å². The van der Waals surface area contributed by atoms with Crippen LogP contribution >= 0.6 is 0 Å². The summed E-state index contributed by atoms with van der Waals surface area (Å²) in [5.74, 6) is 0. The number of benzene rings is 3. The molecule has 0 aliphatic rings. The molecule has 22 heavy (non-hydrogen) atoms. The maximum absolute atomic E-state index is 10.6. The van der Waals surface area contributed by atoms with Crippen LogP contribution in [0.4, 0.5) is 0 Å². The fourth-order valence-corrected chi connectivity index (χ4v) is 3.01. The third-order valence-electron chi connectivity index (χ3n) is 4.20. The molecule has 2 N–H and O–H groups in total. The smallest absolute Gasteiger partial charge is 0.0920 e. The van der Waals surface area contributed by atoms with Gasteiger partial charge in [0.05, 0.1) is 6.10 Å². The predicted octanol–water partition coefficient (Wildman–Crippen LogP) is 4.42. The molecule has 0 fully saturated rings. The number of rotatable bonds is 6. The summed E-state index contributed by atoms with van der Waals surface area (Å²) in [6.07, 6.45) is 1.83. The number of nitrogens with one attached hydrogen (secondary N) is 1. The second kappa shape index (κ2) is 6.91. The first kappa shape index (κ1) is 15.0. The summed E-state index contributed by atoms with van der Waals surface area (Å²) >= 11 is 0. The predicted molar refractivity (Wildman–Crippen MR) is 94.2 cm³/mol. The minimum Gasteiger partial charge on any atom is -0.387 e. The van der Waals surface area contributed by atoms with Crippen molar-refractivity contribution in [3.05, 3.63) is 60.2 Å². The molecule has 0 amide bonds. The lowest BCUT2D eigenvalue weighted by atomic mass is 9.94. The third-order valence-corrected chi connectivity index (χ3v) is 4.20. The molecule has 0 aliphatic heterocycles.